The lowest BCUT2D eigenvalue weighted by Crippen LogP contribution is -2.22. The highest BCUT2D eigenvalue weighted by Gasteiger charge is 2.15. The third-order valence-electron chi connectivity index (χ3n) is 3.92. The van der Waals surface area contributed by atoms with Crippen LogP contribution in [0.15, 0.2) is 12.3 Å². The first-order chi connectivity index (χ1) is 11.3. The van der Waals surface area contributed by atoms with Crippen molar-refractivity contribution in [1.82, 2.24) is 9.55 Å². The maximum absolute atomic E-state index is 11.1. The summed E-state index contributed by atoms with van der Waals surface area (Å²) in [7, 11) is -1.12. The van der Waals surface area contributed by atoms with E-state index in [1.165, 1.54) is 6.08 Å². The number of aryl methyl sites for hydroxylation is 1. The molecule has 0 atom stereocenters. The van der Waals surface area contributed by atoms with Gasteiger partial charge in [0.15, 0.2) is 0 Å². The Hall–Kier alpha value is -1.40. The van der Waals surface area contributed by atoms with Gasteiger partial charge in [-0.25, -0.2) is 9.78 Å². The summed E-state index contributed by atoms with van der Waals surface area (Å²) >= 11 is 0. The Balaban J connectivity index is 2.94. The Labute approximate surface area is 146 Å². The highest BCUT2D eigenvalue weighted by molar-refractivity contribution is 6.76. The molecule has 0 saturated heterocycles. The molecule has 0 aliphatic heterocycles. The number of imidazole rings is 1. The topological polar surface area (TPSA) is 64.3 Å². The molecule has 0 saturated carbocycles. The van der Waals surface area contributed by atoms with Gasteiger partial charge in [0.25, 0.3) is 0 Å². The predicted octanol–water partition coefficient (Wildman–Crippen LogP) is 4.42. The van der Waals surface area contributed by atoms with E-state index in [0.717, 1.165) is 49.0 Å². The molecule has 6 heteroatoms. The van der Waals surface area contributed by atoms with E-state index in [1.807, 2.05) is 11.5 Å². The summed E-state index contributed by atoms with van der Waals surface area (Å²) in [6.45, 7) is 12.3. The van der Waals surface area contributed by atoms with Crippen LogP contribution in [0.3, 0.4) is 0 Å². The van der Waals surface area contributed by atoms with Crippen LogP contribution in [0.25, 0.3) is 5.57 Å². The van der Waals surface area contributed by atoms with Crippen LogP contribution in [0.1, 0.15) is 44.6 Å². The van der Waals surface area contributed by atoms with Crippen LogP contribution < -0.4 is 0 Å². The van der Waals surface area contributed by atoms with Crippen LogP contribution >= 0.6 is 0 Å². The standard InChI is InChI=1S/C18H32N2O3Si/c1-6-8-9-17-19-13-16(15(7-2)12-18(21)22)20(17)14-23-10-11-24(3,4)5/h12-13H,6-11,14H2,1-5H3,(H,21,22)/b15-12-. The van der Waals surface area contributed by atoms with Gasteiger partial charge in [-0.1, -0.05) is 39.9 Å². The molecule has 1 aromatic heterocycles. The lowest BCUT2D eigenvalue weighted by atomic mass is 10.1. The van der Waals surface area contributed by atoms with E-state index in [1.54, 1.807) is 6.20 Å². The number of unbranched alkanes of at least 4 members (excludes halogenated alkanes) is 1. The van der Waals surface area contributed by atoms with E-state index in [2.05, 4.69) is 31.5 Å². The number of hydrogen-bond acceptors (Lipinski definition) is 3. The number of allylic oxidation sites excluding steroid dienone is 1. The summed E-state index contributed by atoms with van der Waals surface area (Å²) in [5, 5.41) is 9.09. The Kier molecular flexibility index (Phi) is 8.42. The molecule has 0 spiro atoms. The lowest BCUT2D eigenvalue weighted by molar-refractivity contribution is -0.131. The minimum absolute atomic E-state index is 0.440. The summed E-state index contributed by atoms with van der Waals surface area (Å²) in [5.41, 5.74) is 1.64. The second-order valence-electron chi connectivity index (χ2n) is 7.30. The minimum atomic E-state index is -1.12. The Morgan fingerprint density at radius 2 is 2.08 bits per heavy atom. The largest absolute Gasteiger partial charge is 0.478 e. The van der Waals surface area contributed by atoms with Gasteiger partial charge in [0.2, 0.25) is 0 Å². The quantitative estimate of drug-likeness (QED) is 0.364. The average molecular weight is 353 g/mol. The lowest BCUT2D eigenvalue weighted by Gasteiger charge is -2.17. The Bertz CT molecular complexity index is 559. The van der Waals surface area contributed by atoms with E-state index < -0.39 is 14.0 Å². The van der Waals surface area contributed by atoms with Crippen molar-refractivity contribution in [1.29, 1.82) is 0 Å². The second-order valence-corrected chi connectivity index (χ2v) is 12.9. The first kappa shape index (κ1) is 20.6. The van der Waals surface area contributed by atoms with E-state index in [4.69, 9.17) is 9.84 Å². The molecule has 1 rings (SSSR count). The van der Waals surface area contributed by atoms with Crippen LogP contribution in [-0.2, 0) is 22.7 Å². The molecule has 1 heterocycles. The van der Waals surface area contributed by atoms with Crippen LogP contribution in [0.4, 0.5) is 0 Å². The van der Waals surface area contributed by atoms with Crippen LogP contribution in [0.5, 0.6) is 0 Å². The van der Waals surface area contributed by atoms with Gasteiger partial charge in [-0.2, -0.15) is 0 Å². The number of carboxylic acid groups (broad SMARTS) is 1. The Morgan fingerprint density at radius 1 is 1.38 bits per heavy atom. The number of aromatic nitrogens is 2. The van der Waals surface area contributed by atoms with Crippen LogP contribution in [0.2, 0.25) is 25.7 Å². The number of carbonyl (C=O) groups is 1. The molecule has 0 amide bonds. The zero-order valence-corrected chi connectivity index (χ0v) is 16.8. The van der Waals surface area contributed by atoms with Crippen molar-refractivity contribution < 1.29 is 14.6 Å². The fourth-order valence-electron chi connectivity index (χ4n) is 2.39. The smallest absolute Gasteiger partial charge is 0.328 e. The fourth-order valence-corrected chi connectivity index (χ4v) is 3.15. The predicted molar refractivity (Wildman–Crippen MR) is 101 cm³/mol. The third kappa shape index (κ3) is 7.01. The molecular weight excluding hydrogens is 320 g/mol. The normalized spacial score (nSPS) is 12.6. The maximum atomic E-state index is 11.1. The maximum Gasteiger partial charge on any atom is 0.328 e. The van der Waals surface area contributed by atoms with E-state index in [-0.39, 0.29) is 0 Å². The summed E-state index contributed by atoms with van der Waals surface area (Å²) in [5.74, 6) is 0.0546. The van der Waals surface area contributed by atoms with Gasteiger partial charge in [-0.15, -0.1) is 0 Å². The number of hydrogen-bond donors (Lipinski definition) is 1. The number of aliphatic carboxylic acids is 1. The highest BCUT2D eigenvalue weighted by atomic mass is 28.3. The monoisotopic (exact) mass is 352 g/mol. The van der Waals surface area contributed by atoms with Crippen molar-refractivity contribution in [2.45, 2.75) is 71.9 Å². The first-order valence-electron chi connectivity index (χ1n) is 8.84. The molecule has 136 valence electrons. The molecule has 1 N–H and O–H groups in total. The van der Waals surface area contributed by atoms with Gasteiger partial charge >= 0.3 is 5.97 Å². The van der Waals surface area contributed by atoms with Crippen molar-refractivity contribution in [3.63, 3.8) is 0 Å². The zero-order valence-electron chi connectivity index (χ0n) is 15.8. The van der Waals surface area contributed by atoms with Crippen molar-refractivity contribution in [3.05, 3.63) is 23.8 Å². The number of ether oxygens (including phenoxy) is 1. The van der Waals surface area contributed by atoms with Gasteiger partial charge < -0.3 is 14.4 Å². The average Bonchev–Trinajstić information content (AvgIpc) is 2.88. The van der Waals surface area contributed by atoms with Gasteiger partial charge in [0.05, 0.1) is 11.9 Å². The number of carboxylic acids is 1. The van der Waals surface area contributed by atoms with Gasteiger partial charge in [-0.05, 0) is 24.5 Å². The van der Waals surface area contributed by atoms with Crippen LogP contribution in [0, 0.1) is 0 Å². The van der Waals surface area contributed by atoms with Gasteiger partial charge in [-0.3, -0.25) is 0 Å². The SMILES string of the molecule is CCCCc1ncc(/C(=C\C(=O)O)CC)n1COCC[Si](C)(C)C. The second kappa shape index (κ2) is 9.79. The molecule has 0 fully saturated rings. The van der Waals surface area contributed by atoms with Gasteiger partial charge in [0, 0.05) is 27.2 Å². The Morgan fingerprint density at radius 3 is 2.62 bits per heavy atom. The molecule has 0 unspecified atom stereocenters. The summed E-state index contributed by atoms with van der Waals surface area (Å²) in [4.78, 5) is 15.6. The highest BCUT2D eigenvalue weighted by Crippen LogP contribution is 2.21. The molecule has 0 aliphatic carbocycles. The molecule has 0 aliphatic rings. The van der Waals surface area contributed by atoms with E-state index in [0.29, 0.717) is 13.2 Å². The molecule has 0 bridgehead atoms. The molecule has 24 heavy (non-hydrogen) atoms. The number of rotatable bonds is 11. The summed E-state index contributed by atoms with van der Waals surface area (Å²) in [6, 6.07) is 1.12. The van der Waals surface area contributed by atoms with Crippen molar-refractivity contribution in [2.24, 2.45) is 0 Å². The minimum Gasteiger partial charge on any atom is -0.478 e. The molecule has 1 aromatic rings. The molecule has 0 radical (unpaired) electrons. The summed E-state index contributed by atoms with van der Waals surface area (Å²) < 4.78 is 7.94. The van der Waals surface area contributed by atoms with Crippen molar-refractivity contribution in [3.8, 4) is 0 Å². The molecular formula is C18H32N2O3Si. The third-order valence-corrected chi connectivity index (χ3v) is 5.62. The van der Waals surface area contributed by atoms with Crippen LogP contribution in [-0.4, -0.2) is 35.3 Å². The zero-order chi connectivity index (χ0) is 18.2. The summed E-state index contributed by atoms with van der Waals surface area (Å²) in [6.07, 6.45) is 6.77. The van der Waals surface area contributed by atoms with Crippen molar-refractivity contribution in [2.75, 3.05) is 6.61 Å². The van der Waals surface area contributed by atoms with E-state index >= 15 is 0 Å². The fraction of sp³-hybridized carbons (Fsp3) is 0.667. The van der Waals surface area contributed by atoms with Crippen molar-refractivity contribution >= 4 is 19.6 Å². The van der Waals surface area contributed by atoms with E-state index in [9.17, 15) is 4.79 Å². The van der Waals surface area contributed by atoms with Gasteiger partial charge in [0.1, 0.15) is 12.6 Å². The molecule has 0 aromatic carbocycles. The number of nitrogens with zero attached hydrogens (tertiary/aromatic N) is 2. The first-order valence-corrected chi connectivity index (χ1v) is 12.5. The molecule has 5 nitrogen and oxygen atoms in total.